The van der Waals surface area contributed by atoms with E-state index in [2.05, 4.69) is 30.8 Å². The monoisotopic (exact) mass is 410 g/mol. The first-order valence-corrected chi connectivity index (χ1v) is 9.51. The molecule has 3 aromatic rings. The molecular weight excluding hydrogens is 384 g/mol. The van der Waals surface area contributed by atoms with Crippen molar-refractivity contribution in [3.05, 3.63) is 48.3 Å². The number of H-pyrrole nitrogens is 1. The van der Waals surface area contributed by atoms with E-state index >= 15 is 0 Å². The lowest BCUT2D eigenvalue weighted by atomic mass is 10.2. The van der Waals surface area contributed by atoms with Gasteiger partial charge in [-0.25, -0.2) is 4.98 Å². The number of methoxy groups -OCH3 is 2. The molecule has 0 spiro atoms. The molecule has 30 heavy (non-hydrogen) atoms. The molecule has 0 fully saturated rings. The van der Waals surface area contributed by atoms with Crippen molar-refractivity contribution in [1.82, 2.24) is 20.5 Å². The Morgan fingerprint density at radius 3 is 2.53 bits per heavy atom. The summed E-state index contributed by atoms with van der Waals surface area (Å²) in [7, 11) is 4.94. The third-order valence-corrected chi connectivity index (χ3v) is 4.25. The lowest BCUT2D eigenvalue weighted by Gasteiger charge is -2.14. The number of nitrogens with zero attached hydrogens (tertiary/aromatic N) is 3. The quantitative estimate of drug-likeness (QED) is 0.387. The number of hydrogen-bond acceptors (Lipinski definition) is 6. The number of ether oxygens (including phenoxy) is 3. The van der Waals surface area contributed by atoms with Gasteiger partial charge in [0.05, 0.1) is 27.4 Å². The molecule has 2 aromatic carbocycles. The first-order chi connectivity index (χ1) is 14.7. The average Bonchev–Trinajstić information content (AvgIpc) is 3.26. The molecule has 0 aliphatic heterocycles. The summed E-state index contributed by atoms with van der Waals surface area (Å²) in [6.45, 7) is 2.93. The van der Waals surface area contributed by atoms with Gasteiger partial charge in [-0.2, -0.15) is 5.10 Å². The van der Waals surface area contributed by atoms with Crippen molar-refractivity contribution < 1.29 is 14.2 Å². The molecule has 9 nitrogen and oxygen atoms in total. The molecule has 0 aliphatic rings. The van der Waals surface area contributed by atoms with E-state index < -0.39 is 0 Å². The van der Waals surface area contributed by atoms with Gasteiger partial charge >= 0.3 is 0 Å². The van der Waals surface area contributed by atoms with Gasteiger partial charge in [0, 0.05) is 24.4 Å². The summed E-state index contributed by atoms with van der Waals surface area (Å²) in [5, 5.41) is 13.6. The smallest absolute Gasteiger partial charge is 0.195 e. The minimum atomic E-state index is 0.428. The first kappa shape index (κ1) is 21.0. The zero-order chi connectivity index (χ0) is 21.3. The van der Waals surface area contributed by atoms with E-state index in [9.17, 15) is 0 Å². The minimum absolute atomic E-state index is 0.428. The maximum atomic E-state index is 5.55. The summed E-state index contributed by atoms with van der Waals surface area (Å²) in [4.78, 5) is 8.76. The van der Waals surface area contributed by atoms with Crippen LogP contribution in [0.25, 0.3) is 11.4 Å². The fourth-order valence-corrected chi connectivity index (χ4v) is 2.75. The minimum Gasteiger partial charge on any atom is -0.497 e. The Morgan fingerprint density at radius 2 is 1.87 bits per heavy atom. The van der Waals surface area contributed by atoms with E-state index in [1.807, 2.05) is 49.4 Å². The lowest BCUT2D eigenvalue weighted by molar-refractivity contribution is 0.311. The molecule has 0 saturated carbocycles. The van der Waals surface area contributed by atoms with Crippen LogP contribution in [0.1, 0.15) is 12.7 Å². The molecule has 158 valence electrons. The Hall–Kier alpha value is -3.75. The van der Waals surface area contributed by atoms with Crippen LogP contribution in [-0.2, 0) is 6.54 Å². The van der Waals surface area contributed by atoms with Crippen LogP contribution in [0.2, 0.25) is 0 Å². The van der Waals surface area contributed by atoms with Gasteiger partial charge in [-0.3, -0.25) is 10.1 Å². The van der Waals surface area contributed by atoms with Gasteiger partial charge in [-0.15, -0.1) is 0 Å². The van der Waals surface area contributed by atoms with Gasteiger partial charge in [0.25, 0.3) is 0 Å². The molecule has 3 rings (SSSR count). The van der Waals surface area contributed by atoms with E-state index in [-0.39, 0.29) is 0 Å². The van der Waals surface area contributed by atoms with Crippen LogP contribution in [0.4, 0.5) is 5.69 Å². The third kappa shape index (κ3) is 5.19. The number of nitrogens with one attached hydrogen (secondary N) is 3. The van der Waals surface area contributed by atoms with Gasteiger partial charge in [-0.05, 0) is 43.3 Å². The van der Waals surface area contributed by atoms with Crippen LogP contribution in [0.5, 0.6) is 17.2 Å². The van der Waals surface area contributed by atoms with Crippen molar-refractivity contribution in [3.8, 4) is 28.6 Å². The van der Waals surface area contributed by atoms with Crippen molar-refractivity contribution in [2.75, 3.05) is 33.2 Å². The van der Waals surface area contributed by atoms with Gasteiger partial charge in [-0.1, -0.05) is 0 Å². The highest BCUT2D eigenvalue weighted by molar-refractivity contribution is 5.93. The van der Waals surface area contributed by atoms with Crippen LogP contribution in [0.3, 0.4) is 0 Å². The molecule has 0 aliphatic carbocycles. The molecule has 0 atom stereocenters. The Morgan fingerprint density at radius 1 is 1.07 bits per heavy atom. The second-order valence-electron chi connectivity index (χ2n) is 6.18. The Balaban J connectivity index is 1.61. The molecule has 0 amide bonds. The van der Waals surface area contributed by atoms with Gasteiger partial charge in [0.1, 0.15) is 11.6 Å². The molecule has 1 aromatic heterocycles. The lowest BCUT2D eigenvalue weighted by Crippen LogP contribution is -2.30. The number of aromatic nitrogens is 3. The summed E-state index contributed by atoms with van der Waals surface area (Å²) in [5.74, 6) is 4.03. The van der Waals surface area contributed by atoms with E-state index in [1.54, 1.807) is 21.3 Å². The van der Waals surface area contributed by atoms with Crippen molar-refractivity contribution in [3.63, 3.8) is 0 Å². The molecular formula is C21H26N6O3. The fourth-order valence-electron chi connectivity index (χ4n) is 2.75. The van der Waals surface area contributed by atoms with Crippen molar-refractivity contribution in [1.29, 1.82) is 0 Å². The first-order valence-electron chi connectivity index (χ1n) is 9.51. The van der Waals surface area contributed by atoms with E-state index in [1.165, 1.54) is 0 Å². The number of guanidine groups is 1. The normalized spacial score (nSPS) is 11.1. The summed E-state index contributed by atoms with van der Waals surface area (Å²) >= 11 is 0. The maximum absolute atomic E-state index is 5.55. The van der Waals surface area contributed by atoms with Crippen LogP contribution in [0, 0.1) is 0 Å². The summed E-state index contributed by atoms with van der Waals surface area (Å²) in [6, 6.07) is 13.2. The second-order valence-corrected chi connectivity index (χ2v) is 6.18. The fraction of sp³-hybridized carbons (Fsp3) is 0.286. The van der Waals surface area contributed by atoms with Gasteiger partial charge in [0.15, 0.2) is 23.3 Å². The standard InChI is InChI=1S/C21H26N6O3/c1-5-30-17-11-8-15(12-18(17)29-4)24-21(22-2)23-13-19-25-20(27-26-19)14-6-9-16(28-3)10-7-14/h6-12H,5,13H2,1-4H3,(H2,22,23,24)(H,25,26,27). The summed E-state index contributed by atoms with van der Waals surface area (Å²) in [6.07, 6.45) is 0. The average molecular weight is 410 g/mol. The number of aliphatic imine (C=N–C) groups is 1. The van der Waals surface area contributed by atoms with E-state index in [0.29, 0.717) is 42.3 Å². The largest absolute Gasteiger partial charge is 0.497 e. The van der Waals surface area contributed by atoms with Crippen LogP contribution in [0.15, 0.2) is 47.5 Å². The van der Waals surface area contributed by atoms with E-state index in [0.717, 1.165) is 17.0 Å². The number of hydrogen-bond donors (Lipinski definition) is 3. The molecule has 9 heteroatoms. The predicted molar refractivity (Wildman–Crippen MR) is 116 cm³/mol. The van der Waals surface area contributed by atoms with E-state index in [4.69, 9.17) is 14.2 Å². The molecule has 0 bridgehead atoms. The van der Waals surface area contributed by atoms with Crippen molar-refractivity contribution >= 4 is 11.6 Å². The predicted octanol–water partition coefficient (Wildman–Crippen LogP) is 3.08. The molecule has 3 N–H and O–H groups in total. The highest BCUT2D eigenvalue weighted by Crippen LogP contribution is 2.30. The zero-order valence-electron chi connectivity index (χ0n) is 17.5. The Labute approximate surface area is 175 Å². The van der Waals surface area contributed by atoms with Crippen molar-refractivity contribution in [2.24, 2.45) is 4.99 Å². The van der Waals surface area contributed by atoms with Gasteiger partial charge in [0.2, 0.25) is 0 Å². The number of aromatic amines is 1. The topological polar surface area (TPSA) is 106 Å². The Kier molecular flexibility index (Phi) is 7.09. The Bertz CT molecular complexity index is 985. The SMILES string of the molecule is CCOc1ccc(NC(=NC)NCc2nc(-c3ccc(OC)cc3)n[nH]2)cc1OC. The number of rotatable bonds is 8. The third-order valence-electron chi connectivity index (χ3n) is 4.25. The molecule has 0 unspecified atom stereocenters. The van der Waals surface area contributed by atoms with Crippen LogP contribution in [-0.4, -0.2) is 49.0 Å². The summed E-state index contributed by atoms with van der Waals surface area (Å²) in [5.41, 5.74) is 1.72. The summed E-state index contributed by atoms with van der Waals surface area (Å²) < 4.78 is 16.1. The highest BCUT2D eigenvalue weighted by atomic mass is 16.5. The second kappa shape index (κ2) is 10.1. The van der Waals surface area contributed by atoms with Gasteiger partial charge < -0.3 is 24.8 Å². The van der Waals surface area contributed by atoms with Crippen LogP contribution < -0.4 is 24.8 Å². The highest BCUT2D eigenvalue weighted by Gasteiger charge is 2.09. The molecule has 0 saturated heterocycles. The number of anilines is 1. The van der Waals surface area contributed by atoms with Crippen LogP contribution >= 0.6 is 0 Å². The zero-order valence-corrected chi connectivity index (χ0v) is 17.5. The number of benzene rings is 2. The van der Waals surface area contributed by atoms with Crippen molar-refractivity contribution in [2.45, 2.75) is 13.5 Å². The molecule has 0 radical (unpaired) electrons. The molecule has 1 heterocycles. The maximum Gasteiger partial charge on any atom is 0.195 e.